The largest absolute Gasteiger partial charge is 0.460 e. The van der Waals surface area contributed by atoms with E-state index in [0.717, 1.165) is 0 Å². The molecule has 0 aromatic heterocycles. The van der Waals surface area contributed by atoms with E-state index >= 15 is 0 Å². The van der Waals surface area contributed by atoms with Gasteiger partial charge < -0.3 is 35.4 Å². The van der Waals surface area contributed by atoms with Crippen LogP contribution in [0.2, 0.25) is 0 Å². The smallest absolute Gasteiger partial charge is 0.341 e. The highest BCUT2D eigenvalue weighted by atomic mass is 16.5. The predicted molar refractivity (Wildman–Crippen MR) is 63.3 cm³/mol. The molecule has 0 rings (SSSR count). The predicted octanol–water partition coefficient (Wildman–Crippen LogP) is -3.92. The average Bonchev–Trinajstić information content (AvgIpc) is 2.47. The molecule has 0 saturated carbocycles. The second kappa shape index (κ2) is 8.74. The monoisotopic (exact) mass is 294 g/mol. The van der Waals surface area contributed by atoms with Crippen molar-refractivity contribution in [1.82, 2.24) is 0 Å². The number of carbonyl (C=O) groups excluding carboxylic acids is 2. The number of hydrogen-bond donors (Lipinski definition) is 6. The number of carbonyl (C=O) groups is 2. The van der Waals surface area contributed by atoms with E-state index in [1.807, 2.05) is 0 Å². The van der Waals surface area contributed by atoms with Crippen molar-refractivity contribution >= 4 is 11.8 Å². The molecule has 0 bridgehead atoms. The van der Waals surface area contributed by atoms with Gasteiger partial charge in [0.2, 0.25) is 5.78 Å². The Balaban J connectivity index is 4.68. The van der Waals surface area contributed by atoms with Gasteiger partial charge in [-0.2, -0.15) is 0 Å². The molecule has 116 valence electrons. The van der Waals surface area contributed by atoms with Crippen LogP contribution in [0.4, 0.5) is 0 Å². The van der Waals surface area contributed by atoms with E-state index < -0.39 is 55.0 Å². The van der Waals surface area contributed by atoms with Gasteiger partial charge >= 0.3 is 5.97 Å². The standard InChI is InChI=1S/C11H18O9/c1-5(11(19)20-3-2-12)7(15)9(17)10(18)8(16)6(14)4-13/h6,8-10,12-14,16-18H,1-4H2/t6-,8-,9+,10+/m1/s1. The van der Waals surface area contributed by atoms with E-state index in [-0.39, 0.29) is 6.61 Å². The van der Waals surface area contributed by atoms with E-state index in [0.29, 0.717) is 0 Å². The number of hydrogen-bond acceptors (Lipinski definition) is 9. The summed E-state index contributed by atoms with van der Waals surface area (Å²) in [5.41, 5.74) is -0.796. The van der Waals surface area contributed by atoms with Gasteiger partial charge in [0.05, 0.1) is 18.8 Å². The summed E-state index contributed by atoms with van der Waals surface area (Å²) in [6, 6.07) is 0. The van der Waals surface area contributed by atoms with Crippen molar-refractivity contribution in [2.24, 2.45) is 0 Å². The van der Waals surface area contributed by atoms with Gasteiger partial charge in [0.25, 0.3) is 0 Å². The molecule has 0 aliphatic carbocycles. The zero-order chi connectivity index (χ0) is 15.9. The molecule has 0 spiro atoms. The molecule has 0 heterocycles. The molecule has 9 heteroatoms. The highest BCUT2D eigenvalue weighted by Gasteiger charge is 2.36. The third kappa shape index (κ3) is 4.96. The summed E-state index contributed by atoms with van der Waals surface area (Å²) in [6.45, 7) is 1.31. The van der Waals surface area contributed by atoms with Crippen molar-refractivity contribution in [2.45, 2.75) is 24.4 Å². The Hall–Kier alpha value is -1.36. The number of aliphatic hydroxyl groups is 6. The molecule has 0 aromatic rings. The lowest BCUT2D eigenvalue weighted by Gasteiger charge is -2.24. The van der Waals surface area contributed by atoms with Crippen LogP contribution in [-0.4, -0.2) is 86.6 Å². The van der Waals surface area contributed by atoms with Crippen molar-refractivity contribution in [3.8, 4) is 0 Å². The quantitative estimate of drug-likeness (QED) is 0.108. The SMILES string of the molecule is C=C(C(=O)OCCO)C(=O)[C@H](O)[C@@H](O)[C@H](O)[C@H](O)CO. The van der Waals surface area contributed by atoms with Crippen LogP contribution in [0.1, 0.15) is 0 Å². The van der Waals surface area contributed by atoms with Gasteiger partial charge in [-0.25, -0.2) is 4.79 Å². The summed E-state index contributed by atoms with van der Waals surface area (Å²) >= 11 is 0. The first-order valence-corrected chi connectivity index (χ1v) is 5.62. The molecule has 0 fully saturated rings. The van der Waals surface area contributed by atoms with Crippen molar-refractivity contribution in [3.63, 3.8) is 0 Å². The fourth-order valence-corrected chi connectivity index (χ4v) is 1.18. The molecule has 0 aliphatic heterocycles. The van der Waals surface area contributed by atoms with Crippen molar-refractivity contribution in [1.29, 1.82) is 0 Å². The zero-order valence-corrected chi connectivity index (χ0v) is 10.5. The van der Waals surface area contributed by atoms with Gasteiger partial charge in [-0.05, 0) is 0 Å². The van der Waals surface area contributed by atoms with Gasteiger partial charge in [-0.1, -0.05) is 6.58 Å². The first-order chi connectivity index (χ1) is 9.27. The summed E-state index contributed by atoms with van der Waals surface area (Å²) in [4.78, 5) is 22.8. The zero-order valence-electron chi connectivity index (χ0n) is 10.5. The van der Waals surface area contributed by atoms with Crippen LogP contribution >= 0.6 is 0 Å². The number of rotatable bonds is 9. The topological polar surface area (TPSA) is 165 Å². The number of aliphatic hydroxyl groups excluding tert-OH is 6. The van der Waals surface area contributed by atoms with E-state index in [9.17, 15) is 24.9 Å². The first kappa shape index (κ1) is 18.6. The van der Waals surface area contributed by atoms with Crippen molar-refractivity contribution < 1.29 is 45.0 Å². The van der Waals surface area contributed by atoms with E-state index in [2.05, 4.69) is 11.3 Å². The second-order valence-corrected chi connectivity index (χ2v) is 3.88. The summed E-state index contributed by atoms with van der Waals surface area (Å²) in [7, 11) is 0. The van der Waals surface area contributed by atoms with E-state index in [1.165, 1.54) is 0 Å². The number of esters is 1. The van der Waals surface area contributed by atoms with Crippen LogP contribution < -0.4 is 0 Å². The Kier molecular flexibility index (Phi) is 8.15. The molecular weight excluding hydrogens is 276 g/mol. The average molecular weight is 294 g/mol. The van der Waals surface area contributed by atoms with Gasteiger partial charge in [0.1, 0.15) is 31.0 Å². The molecule has 0 saturated heterocycles. The molecule has 6 N–H and O–H groups in total. The lowest BCUT2D eigenvalue weighted by atomic mass is 9.97. The van der Waals surface area contributed by atoms with Gasteiger partial charge in [0.15, 0.2) is 0 Å². The maximum absolute atomic E-state index is 11.6. The molecule has 9 nitrogen and oxygen atoms in total. The number of ether oxygens (including phenoxy) is 1. The number of ketones is 1. The molecular formula is C11H18O9. The van der Waals surface area contributed by atoms with E-state index in [4.69, 9.17) is 15.3 Å². The molecule has 4 atom stereocenters. The summed E-state index contributed by atoms with van der Waals surface area (Å²) in [6.07, 6.45) is -8.14. The molecule has 0 amide bonds. The third-order valence-electron chi connectivity index (χ3n) is 2.39. The van der Waals surface area contributed by atoms with Crippen LogP contribution in [0.3, 0.4) is 0 Å². The van der Waals surface area contributed by atoms with Crippen LogP contribution in [0.25, 0.3) is 0 Å². The van der Waals surface area contributed by atoms with Crippen LogP contribution in [0.15, 0.2) is 12.2 Å². The third-order valence-corrected chi connectivity index (χ3v) is 2.39. The van der Waals surface area contributed by atoms with E-state index in [1.54, 1.807) is 0 Å². The summed E-state index contributed by atoms with van der Waals surface area (Å²) in [5.74, 6) is -2.52. The minimum absolute atomic E-state index is 0.379. The Morgan fingerprint density at radius 1 is 1.05 bits per heavy atom. The maximum Gasteiger partial charge on any atom is 0.341 e. The summed E-state index contributed by atoms with van der Waals surface area (Å²) in [5, 5.41) is 54.3. The lowest BCUT2D eigenvalue weighted by molar-refractivity contribution is -0.149. The van der Waals surface area contributed by atoms with Crippen molar-refractivity contribution in [2.75, 3.05) is 19.8 Å². The van der Waals surface area contributed by atoms with Gasteiger partial charge in [-0.3, -0.25) is 4.79 Å². The number of Topliss-reactive ketones (excluding diaryl/α,β-unsaturated/α-hetero) is 1. The van der Waals surface area contributed by atoms with Gasteiger partial charge in [0, 0.05) is 0 Å². The Labute approximate surface area is 114 Å². The summed E-state index contributed by atoms with van der Waals surface area (Å²) < 4.78 is 4.38. The normalized spacial score (nSPS) is 16.9. The van der Waals surface area contributed by atoms with Crippen LogP contribution in [-0.2, 0) is 14.3 Å². The molecule has 20 heavy (non-hydrogen) atoms. The Morgan fingerprint density at radius 2 is 1.60 bits per heavy atom. The second-order valence-electron chi connectivity index (χ2n) is 3.88. The highest BCUT2D eigenvalue weighted by molar-refractivity contribution is 6.18. The van der Waals surface area contributed by atoms with Gasteiger partial charge in [-0.15, -0.1) is 0 Å². The maximum atomic E-state index is 11.6. The minimum Gasteiger partial charge on any atom is -0.460 e. The highest BCUT2D eigenvalue weighted by Crippen LogP contribution is 2.10. The molecule has 0 unspecified atom stereocenters. The van der Waals surface area contributed by atoms with Crippen molar-refractivity contribution in [3.05, 3.63) is 12.2 Å². The van der Waals surface area contributed by atoms with Crippen LogP contribution in [0.5, 0.6) is 0 Å². The molecule has 0 radical (unpaired) electrons. The first-order valence-electron chi connectivity index (χ1n) is 5.62. The fraction of sp³-hybridized carbons (Fsp3) is 0.636. The molecule has 0 aliphatic rings. The minimum atomic E-state index is -2.24. The molecule has 0 aromatic carbocycles. The Morgan fingerprint density at radius 3 is 2.05 bits per heavy atom. The lowest BCUT2D eigenvalue weighted by Crippen LogP contribution is -2.49. The fourth-order valence-electron chi connectivity index (χ4n) is 1.18. The Bertz CT molecular complexity index is 354. The van der Waals surface area contributed by atoms with Crippen LogP contribution in [0, 0.1) is 0 Å².